The van der Waals surface area contributed by atoms with Crippen molar-refractivity contribution in [1.82, 2.24) is 4.90 Å². The summed E-state index contributed by atoms with van der Waals surface area (Å²) in [6.45, 7) is 1.34. The molecule has 5 nitrogen and oxygen atoms in total. The van der Waals surface area contributed by atoms with E-state index in [0.29, 0.717) is 12.1 Å². The monoisotopic (exact) mass is 427 g/mol. The van der Waals surface area contributed by atoms with Gasteiger partial charge in [-0.15, -0.1) is 12.4 Å². The third-order valence-corrected chi connectivity index (χ3v) is 6.40. The predicted octanol–water partition coefficient (Wildman–Crippen LogP) is 4.40. The lowest BCUT2D eigenvalue weighted by Gasteiger charge is -2.25. The van der Waals surface area contributed by atoms with E-state index >= 15 is 0 Å². The maximum atomic E-state index is 13.1. The quantitative estimate of drug-likeness (QED) is 0.742. The number of anilines is 1. The minimum Gasteiger partial charge on any atom is -0.332 e. The van der Waals surface area contributed by atoms with E-state index < -0.39 is 0 Å². The van der Waals surface area contributed by atoms with Gasteiger partial charge in [-0.25, -0.2) is 0 Å². The Hall–Kier alpha value is -2.37. The summed E-state index contributed by atoms with van der Waals surface area (Å²) in [4.78, 5) is 27.6. The Morgan fingerprint density at radius 1 is 0.967 bits per heavy atom. The van der Waals surface area contributed by atoms with E-state index in [-0.39, 0.29) is 42.1 Å². The molecule has 0 radical (unpaired) electrons. The van der Waals surface area contributed by atoms with Crippen molar-refractivity contribution in [1.29, 1.82) is 0 Å². The topological polar surface area (TPSA) is 75.4 Å². The van der Waals surface area contributed by atoms with Gasteiger partial charge < -0.3 is 16.0 Å². The van der Waals surface area contributed by atoms with Crippen LogP contribution in [0.2, 0.25) is 0 Å². The molecule has 1 unspecified atom stereocenters. The fourth-order valence-corrected chi connectivity index (χ4v) is 4.79. The molecule has 1 saturated carbocycles. The zero-order valence-electron chi connectivity index (χ0n) is 17.1. The number of amides is 2. The van der Waals surface area contributed by atoms with Crippen molar-refractivity contribution < 1.29 is 9.59 Å². The van der Waals surface area contributed by atoms with Crippen LogP contribution in [0, 0.1) is 11.8 Å². The SMILES string of the molecule is Cl.NC[C@H]1CCC[C@H]1C(=O)Nc1ccc(C(=O)N2CCCC2c2ccccc2)cc1. The van der Waals surface area contributed by atoms with Gasteiger partial charge in [-0.2, -0.15) is 0 Å². The van der Waals surface area contributed by atoms with Gasteiger partial charge in [-0.3, -0.25) is 9.59 Å². The minimum absolute atomic E-state index is 0. The Morgan fingerprint density at radius 2 is 1.70 bits per heavy atom. The number of halogens is 1. The maximum absolute atomic E-state index is 13.1. The van der Waals surface area contributed by atoms with Crippen molar-refractivity contribution in [2.75, 3.05) is 18.4 Å². The van der Waals surface area contributed by atoms with Crippen LogP contribution in [0.15, 0.2) is 54.6 Å². The molecule has 4 rings (SSSR count). The van der Waals surface area contributed by atoms with Crippen LogP contribution in [0.5, 0.6) is 0 Å². The lowest BCUT2D eigenvalue weighted by Crippen LogP contribution is -2.31. The number of hydrogen-bond donors (Lipinski definition) is 2. The molecule has 30 heavy (non-hydrogen) atoms. The molecule has 2 aromatic carbocycles. The van der Waals surface area contributed by atoms with Crippen molar-refractivity contribution in [3.63, 3.8) is 0 Å². The second-order valence-corrected chi connectivity index (χ2v) is 8.17. The van der Waals surface area contributed by atoms with Crippen LogP contribution in [0.1, 0.15) is 54.1 Å². The van der Waals surface area contributed by atoms with Crippen molar-refractivity contribution in [2.24, 2.45) is 17.6 Å². The third kappa shape index (κ3) is 4.68. The number of benzene rings is 2. The molecule has 1 heterocycles. The van der Waals surface area contributed by atoms with Crippen molar-refractivity contribution in [3.8, 4) is 0 Å². The van der Waals surface area contributed by atoms with Gasteiger partial charge in [0.15, 0.2) is 0 Å². The molecule has 0 aromatic heterocycles. The van der Waals surface area contributed by atoms with Crippen LogP contribution in [0.25, 0.3) is 0 Å². The van der Waals surface area contributed by atoms with Crippen molar-refractivity contribution in [3.05, 3.63) is 65.7 Å². The zero-order valence-corrected chi connectivity index (χ0v) is 17.9. The molecule has 3 atom stereocenters. The smallest absolute Gasteiger partial charge is 0.254 e. The molecule has 160 valence electrons. The molecule has 2 aliphatic rings. The van der Waals surface area contributed by atoms with E-state index in [1.54, 1.807) is 0 Å². The highest BCUT2D eigenvalue weighted by atomic mass is 35.5. The van der Waals surface area contributed by atoms with Gasteiger partial charge in [-0.05, 0) is 68.0 Å². The number of likely N-dealkylation sites (tertiary alicyclic amines) is 1. The van der Waals surface area contributed by atoms with E-state index in [4.69, 9.17) is 5.73 Å². The first-order valence-electron chi connectivity index (χ1n) is 10.6. The van der Waals surface area contributed by atoms with Gasteiger partial charge in [0.25, 0.3) is 5.91 Å². The van der Waals surface area contributed by atoms with Crippen LogP contribution in [0.4, 0.5) is 5.69 Å². The Kier molecular flexibility index (Phi) is 7.51. The maximum Gasteiger partial charge on any atom is 0.254 e. The highest BCUT2D eigenvalue weighted by Crippen LogP contribution is 2.34. The fraction of sp³-hybridized carbons (Fsp3) is 0.417. The second kappa shape index (κ2) is 10.1. The van der Waals surface area contributed by atoms with Crippen molar-refractivity contribution in [2.45, 2.75) is 38.1 Å². The van der Waals surface area contributed by atoms with E-state index in [1.165, 1.54) is 5.56 Å². The van der Waals surface area contributed by atoms with Gasteiger partial charge in [-0.1, -0.05) is 36.8 Å². The summed E-state index contributed by atoms with van der Waals surface area (Å²) in [5, 5.41) is 3.00. The summed E-state index contributed by atoms with van der Waals surface area (Å²) in [5.41, 5.74) is 8.38. The third-order valence-electron chi connectivity index (χ3n) is 6.40. The first kappa shape index (κ1) is 22.3. The molecule has 2 fully saturated rings. The van der Waals surface area contributed by atoms with Crippen molar-refractivity contribution >= 4 is 29.9 Å². The van der Waals surface area contributed by atoms with Gasteiger partial charge in [0.05, 0.1) is 6.04 Å². The number of nitrogens with one attached hydrogen (secondary N) is 1. The first-order chi connectivity index (χ1) is 14.2. The average Bonchev–Trinajstić information content (AvgIpc) is 3.44. The van der Waals surface area contributed by atoms with Crippen LogP contribution in [-0.2, 0) is 4.79 Å². The Bertz CT molecular complexity index is 857. The number of hydrogen-bond acceptors (Lipinski definition) is 3. The minimum atomic E-state index is -0.00228. The Balaban J connectivity index is 0.00000256. The van der Waals surface area contributed by atoms with Gasteiger partial charge >= 0.3 is 0 Å². The molecular formula is C24H30ClN3O2. The average molecular weight is 428 g/mol. The summed E-state index contributed by atoms with van der Waals surface area (Å²) >= 11 is 0. The lowest BCUT2D eigenvalue weighted by atomic mass is 9.95. The number of nitrogens with zero attached hydrogens (tertiary/aromatic N) is 1. The van der Waals surface area contributed by atoms with Crippen LogP contribution < -0.4 is 11.1 Å². The normalized spacial score (nSPS) is 23.1. The molecule has 6 heteroatoms. The number of carbonyl (C=O) groups excluding carboxylic acids is 2. The van der Waals surface area contributed by atoms with E-state index in [2.05, 4.69) is 17.4 Å². The van der Waals surface area contributed by atoms with E-state index in [0.717, 1.165) is 44.3 Å². The standard InChI is InChI=1S/C24H29N3O2.ClH/c25-16-19-8-4-9-21(19)23(28)26-20-13-11-18(12-14-20)24(29)27-15-5-10-22(27)17-6-2-1-3-7-17;/h1-3,6-7,11-14,19,21-22H,4-5,8-10,15-16,25H2,(H,26,28);1H/t19-,21-,22?;/m1./s1. The number of carbonyl (C=O) groups is 2. The number of nitrogens with two attached hydrogens (primary N) is 1. The molecular weight excluding hydrogens is 398 g/mol. The largest absolute Gasteiger partial charge is 0.332 e. The van der Waals surface area contributed by atoms with Crippen LogP contribution >= 0.6 is 12.4 Å². The molecule has 0 bridgehead atoms. The van der Waals surface area contributed by atoms with Gasteiger partial charge in [0.1, 0.15) is 0 Å². The van der Waals surface area contributed by atoms with E-state index in [9.17, 15) is 9.59 Å². The van der Waals surface area contributed by atoms with Crippen LogP contribution in [-0.4, -0.2) is 29.8 Å². The molecule has 2 aromatic rings. The molecule has 1 saturated heterocycles. The van der Waals surface area contributed by atoms with E-state index in [1.807, 2.05) is 47.4 Å². The highest BCUT2D eigenvalue weighted by molar-refractivity contribution is 5.96. The van der Waals surface area contributed by atoms with Gasteiger partial charge in [0.2, 0.25) is 5.91 Å². The highest BCUT2D eigenvalue weighted by Gasteiger charge is 2.32. The Morgan fingerprint density at radius 3 is 2.40 bits per heavy atom. The second-order valence-electron chi connectivity index (χ2n) is 8.17. The molecule has 3 N–H and O–H groups in total. The first-order valence-corrected chi connectivity index (χ1v) is 10.6. The predicted molar refractivity (Wildman–Crippen MR) is 122 cm³/mol. The Labute approximate surface area is 184 Å². The zero-order chi connectivity index (χ0) is 20.2. The van der Waals surface area contributed by atoms with Crippen LogP contribution in [0.3, 0.4) is 0 Å². The lowest BCUT2D eigenvalue weighted by molar-refractivity contribution is -0.120. The summed E-state index contributed by atoms with van der Waals surface area (Å²) < 4.78 is 0. The summed E-state index contributed by atoms with van der Waals surface area (Å²) in [7, 11) is 0. The molecule has 0 spiro atoms. The summed E-state index contributed by atoms with van der Waals surface area (Å²) in [5.74, 6) is 0.368. The molecule has 1 aliphatic carbocycles. The molecule has 2 amide bonds. The fourth-order valence-electron chi connectivity index (χ4n) is 4.79. The molecule has 1 aliphatic heterocycles. The number of rotatable bonds is 5. The summed E-state index contributed by atoms with van der Waals surface area (Å²) in [6.07, 6.45) is 5.00. The van der Waals surface area contributed by atoms with Gasteiger partial charge in [0, 0.05) is 23.7 Å². The summed E-state index contributed by atoms with van der Waals surface area (Å²) in [6, 6.07) is 17.6.